The van der Waals surface area contributed by atoms with Crippen molar-refractivity contribution < 1.29 is 29.3 Å². The molecule has 11 nitrogen and oxygen atoms in total. The van der Waals surface area contributed by atoms with Crippen LogP contribution >= 0.6 is 21.6 Å². The minimum absolute atomic E-state index is 0.0859. The average molecular weight is 1210 g/mol. The van der Waals surface area contributed by atoms with Gasteiger partial charge in [0.15, 0.2) is 17.5 Å². The molecule has 468 valence electrons. The lowest BCUT2D eigenvalue weighted by Crippen LogP contribution is -2.56. The summed E-state index contributed by atoms with van der Waals surface area (Å²) in [6.45, 7) is 7.46. The minimum Gasteiger partial charge on any atom is -0.504 e. The number of rotatable bonds is 5. The Bertz CT molecular complexity index is 2960. The smallest absolute Gasteiger partial charge is 0.303 e. The van der Waals surface area contributed by atoms with Crippen molar-refractivity contribution in [1.82, 2.24) is 15.5 Å². The number of esters is 1. The number of ether oxygens (including phenoxy) is 2. The van der Waals surface area contributed by atoms with E-state index >= 15 is 4.79 Å². The van der Waals surface area contributed by atoms with Crippen LogP contribution in [0.2, 0.25) is 0 Å². The van der Waals surface area contributed by atoms with Crippen LogP contribution in [-0.4, -0.2) is 87.1 Å². The van der Waals surface area contributed by atoms with Crippen LogP contribution in [0.25, 0.3) is 0 Å². The molecule has 6 N–H and O–H groups in total. The third-order valence-corrected chi connectivity index (χ3v) is 31.4. The monoisotopic (exact) mass is 1210 g/mol. The predicted molar refractivity (Wildman–Crippen MR) is 345 cm³/mol. The second kappa shape index (κ2) is 22.5. The second-order valence-electron chi connectivity index (χ2n) is 31.5. The van der Waals surface area contributed by atoms with Crippen molar-refractivity contribution in [3.05, 3.63) is 70.8 Å². The van der Waals surface area contributed by atoms with Gasteiger partial charge in [-0.25, -0.2) is 0 Å². The van der Waals surface area contributed by atoms with E-state index in [9.17, 15) is 15.0 Å². The number of phenols is 1. The highest BCUT2D eigenvalue weighted by Crippen LogP contribution is 2.80. The van der Waals surface area contributed by atoms with Crippen LogP contribution < -0.4 is 21.1 Å². The number of fused-ring (bicyclic) bond motifs is 3. The van der Waals surface area contributed by atoms with Crippen molar-refractivity contribution in [2.75, 3.05) is 31.9 Å². The van der Waals surface area contributed by atoms with E-state index in [0.717, 1.165) is 106 Å². The Morgan fingerprint density at radius 3 is 2.48 bits per heavy atom. The maximum atomic E-state index is 15.1. The van der Waals surface area contributed by atoms with E-state index in [0.29, 0.717) is 79.1 Å². The molecule has 2 aromatic rings. The lowest BCUT2D eigenvalue weighted by atomic mass is 9.45. The molecule has 7 spiro atoms. The zero-order valence-corrected chi connectivity index (χ0v) is 53.9. The first-order chi connectivity index (χ1) is 41.7. The number of aryl methyl sites for hydroxylation is 1. The van der Waals surface area contributed by atoms with Gasteiger partial charge in [0.05, 0.1) is 6.10 Å². The number of aliphatic hydroxyl groups excluding tert-OH is 1. The number of aliphatic imine (C=N–C) groups is 1. The van der Waals surface area contributed by atoms with Gasteiger partial charge in [0.1, 0.15) is 16.1 Å². The molecule has 0 aromatic heterocycles. The maximum Gasteiger partial charge on any atom is 0.303 e. The van der Waals surface area contributed by atoms with Crippen molar-refractivity contribution >= 4 is 39.4 Å². The molecule has 1 amide bonds. The standard InChI is InChI=1S/C73H103N5O6S2/c1-3-75-43-49-20-31-67(39-49)35-36-70(72(67)28-9-10-29-72)40-53-16-17-57(70)46-85-86-73(30-12-26-66(73)24-7-8-25-66)77-65(74)76-44-56-18-19-59(50-13-5-4-6-14-50)69(56)42-61(81)78(47-69)45-54-37-51(21-32-68(83-48(2)79)33-23-58(53)60(80)41-68)62-52-22-34-71(84-64(62)63(54)82)27-11-15-55(71)38-52/h4-6,13-14,22,34,37,49,52-53,55-60,75,80,82H,3,7-12,15-21,23-33,35-36,38-47H2,1-2H3,(H3,74,76,77)/t49-,52-,53+,55-,56+,57-,58-,59+,60+,67+,68-,69+,70-,71+,73+/m0/s1. The molecule has 18 rings (SSSR count). The molecule has 16 aliphatic rings. The van der Waals surface area contributed by atoms with E-state index in [4.69, 9.17) is 20.2 Å². The van der Waals surface area contributed by atoms with Gasteiger partial charge in [-0.2, -0.15) is 0 Å². The number of amides is 1. The van der Waals surface area contributed by atoms with Crippen LogP contribution in [-0.2, 0) is 27.3 Å². The van der Waals surface area contributed by atoms with Gasteiger partial charge in [0.2, 0.25) is 5.91 Å². The van der Waals surface area contributed by atoms with Crippen molar-refractivity contribution in [2.45, 2.75) is 253 Å². The van der Waals surface area contributed by atoms with E-state index in [1.54, 1.807) is 6.92 Å². The summed E-state index contributed by atoms with van der Waals surface area (Å²) in [5.74, 6) is 5.11. The summed E-state index contributed by atoms with van der Waals surface area (Å²) in [5.41, 5.74) is 11.1. The highest BCUT2D eigenvalue weighted by atomic mass is 33.1. The molecule has 86 heavy (non-hydrogen) atoms. The van der Waals surface area contributed by atoms with Crippen LogP contribution in [0.15, 0.2) is 53.5 Å². The van der Waals surface area contributed by atoms with Gasteiger partial charge in [-0.1, -0.05) is 90.6 Å². The molecule has 13 heteroatoms. The Kier molecular flexibility index (Phi) is 15.4. The fourth-order valence-electron chi connectivity index (χ4n) is 24.4. The molecule has 9 saturated carbocycles. The number of benzene rings is 2. The van der Waals surface area contributed by atoms with E-state index in [2.05, 4.69) is 87.7 Å². The first kappa shape index (κ1) is 58.9. The predicted octanol–water partition coefficient (Wildman–Crippen LogP) is 14.6. The topological polar surface area (TPSA) is 159 Å². The van der Waals surface area contributed by atoms with E-state index in [1.807, 2.05) is 4.90 Å². The number of aliphatic hydroxyl groups is 1. The van der Waals surface area contributed by atoms with Crippen LogP contribution in [0, 0.1) is 62.6 Å². The van der Waals surface area contributed by atoms with Crippen molar-refractivity contribution in [3.63, 3.8) is 0 Å². The summed E-state index contributed by atoms with van der Waals surface area (Å²) in [6, 6.07) is 13.1. The van der Waals surface area contributed by atoms with Gasteiger partial charge >= 0.3 is 5.97 Å². The molecule has 2 aromatic carbocycles. The summed E-state index contributed by atoms with van der Waals surface area (Å²) in [7, 11) is 4.36. The normalized spacial score (nSPS) is 42.2. The zero-order chi connectivity index (χ0) is 58.7. The third-order valence-electron chi connectivity index (χ3n) is 28.1. The number of carbonyl (C=O) groups is 2. The number of nitrogens with two attached hydrogens (primary N) is 1. The molecule has 0 radical (unpaired) electrons. The van der Waals surface area contributed by atoms with E-state index < -0.39 is 17.3 Å². The fraction of sp³-hybridized carbons (Fsp3) is 0.767. The Morgan fingerprint density at radius 2 is 1.66 bits per heavy atom. The SMILES string of the molecule is CCNC[C@H]1CC[C@@]2(CC[C@@]3(C[C@H]4CC[C@H]3CSS[C@@]3(CCCC35CCCC5)NC(N)=NC[C@H]3CC[C@H](c5ccccc5)[C@@]35CC(=O)N(Cc3cc(c6c(c3O)O[C@]37C=C[C@H]6C[C@@H]3CCC7)CC[C@]3(OC(C)=O)CC[C@@H]4[C@H](O)C3)C5)C23CCCC3)C1. The van der Waals surface area contributed by atoms with Gasteiger partial charge < -0.3 is 41.0 Å². The van der Waals surface area contributed by atoms with Crippen molar-refractivity contribution in [1.29, 1.82) is 0 Å². The molecular weight excluding hydrogens is 1110 g/mol. The third kappa shape index (κ3) is 9.36. The number of hydrogen-bond donors (Lipinski definition) is 5. The molecule has 6 heterocycles. The molecule has 6 aliphatic heterocycles. The maximum absolute atomic E-state index is 15.1. The summed E-state index contributed by atoms with van der Waals surface area (Å²) < 4.78 is 14.0. The zero-order valence-electron chi connectivity index (χ0n) is 52.3. The second-order valence-corrected chi connectivity index (χ2v) is 34.2. The lowest BCUT2D eigenvalue weighted by molar-refractivity contribution is -0.173. The number of nitrogens with zero attached hydrogens (tertiary/aromatic N) is 2. The molecular formula is C73H103N5O6S2. The van der Waals surface area contributed by atoms with Gasteiger partial charge in [0, 0.05) is 78.9 Å². The fourth-order valence-corrected chi connectivity index (χ4v) is 28.4. The first-order valence-electron chi connectivity index (χ1n) is 35.3. The lowest BCUT2D eigenvalue weighted by Gasteiger charge is -2.60. The summed E-state index contributed by atoms with van der Waals surface area (Å²) >= 11 is 0. The first-order valence-corrected chi connectivity index (χ1v) is 37.6. The number of phenolic OH excluding ortho intramolecular Hbond substituents is 1. The number of allylic oxidation sites excluding steroid dienone is 1. The molecule has 10 fully saturated rings. The van der Waals surface area contributed by atoms with Crippen LogP contribution in [0.4, 0.5) is 0 Å². The highest BCUT2D eigenvalue weighted by molar-refractivity contribution is 8.77. The Hall–Kier alpha value is -3.39. The Labute approximate surface area is 522 Å². The summed E-state index contributed by atoms with van der Waals surface area (Å²) in [6.07, 6.45) is 38.3. The number of guanidine groups is 1. The van der Waals surface area contributed by atoms with E-state index in [-0.39, 0.29) is 69.0 Å². The number of aromatic hydroxyl groups is 1. The molecule has 15 atom stereocenters. The number of nitrogens with one attached hydrogen (secondary N) is 2. The van der Waals surface area contributed by atoms with Gasteiger partial charge in [-0.05, 0) is 249 Å². The number of carbonyl (C=O) groups excluding carboxylic acids is 2. The summed E-state index contributed by atoms with van der Waals surface area (Å²) in [5, 5.41) is 33.8. The summed E-state index contributed by atoms with van der Waals surface area (Å²) in [4.78, 5) is 35.9. The van der Waals surface area contributed by atoms with E-state index in [1.165, 1.54) is 115 Å². The molecule has 10 aliphatic carbocycles. The average Bonchev–Trinajstić information content (AvgIpc) is 1.52. The van der Waals surface area contributed by atoms with Crippen molar-refractivity contribution in [2.24, 2.45) is 73.3 Å². The minimum atomic E-state index is -0.821. The van der Waals surface area contributed by atoms with Gasteiger partial charge in [-0.15, -0.1) is 0 Å². The molecule has 0 unspecified atom stereocenters. The van der Waals surface area contributed by atoms with Crippen LogP contribution in [0.3, 0.4) is 0 Å². The largest absolute Gasteiger partial charge is 0.504 e. The highest BCUT2D eigenvalue weighted by Gasteiger charge is 2.71. The quantitative estimate of drug-likeness (QED) is 0.110. The van der Waals surface area contributed by atoms with Gasteiger partial charge in [0.25, 0.3) is 0 Å². The Morgan fingerprint density at radius 1 is 0.849 bits per heavy atom. The Balaban J connectivity index is 0.825. The molecule has 10 bridgehead atoms. The number of hydrogen-bond acceptors (Lipinski definition) is 12. The van der Waals surface area contributed by atoms with Gasteiger partial charge in [-0.3, -0.25) is 14.6 Å². The van der Waals surface area contributed by atoms with Crippen LogP contribution in [0.5, 0.6) is 11.5 Å². The van der Waals surface area contributed by atoms with Crippen molar-refractivity contribution in [3.8, 4) is 11.5 Å². The van der Waals surface area contributed by atoms with Crippen LogP contribution in [0.1, 0.15) is 241 Å². The molecule has 1 saturated heterocycles.